The maximum absolute atomic E-state index is 12.0. The van der Waals surface area contributed by atoms with E-state index >= 15 is 0 Å². The lowest BCUT2D eigenvalue weighted by Gasteiger charge is -2.15. The highest BCUT2D eigenvalue weighted by atomic mass is 32.2. The third-order valence-electron chi connectivity index (χ3n) is 3.01. The second kappa shape index (κ2) is 6.08. The van der Waals surface area contributed by atoms with Crippen LogP contribution in [0.25, 0.3) is 0 Å². The van der Waals surface area contributed by atoms with Crippen molar-refractivity contribution in [3.05, 3.63) is 36.0 Å². The molecule has 1 aliphatic carbocycles. The summed E-state index contributed by atoms with van der Waals surface area (Å²) in [6, 6.07) is 6.26. The summed E-state index contributed by atoms with van der Waals surface area (Å²) in [7, 11) is -2.00. The monoisotopic (exact) mass is 282 g/mol. The Morgan fingerprint density at radius 2 is 1.89 bits per heavy atom. The third-order valence-corrected chi connectivity index (χ3v) is 4.27. The van der Waals surface area contributed by atoms with E-state index in [1.165, 1.54) is 12.1 Å². The first-order chi connectivity index (χ1) is 9.12. The van der Waals surface area contributed by atoms with Crippen molar-refractivity contribution >= 4 is 10.0 Å². The summed E-state index contributed by atoms with van der Waals surface area (Å²) in [5.74, 6) is 0.627. The lowest BCUT2D eigenvalue weighted by atomic mass is 10.1. The number of hydrogen-bond acceptors (Lipinski definition) is 4. The number of rotatable bonds is 5. The largest absolute Gasteiger partial charge is 0.497 e. The fourth-order valence-electron chi connectivity index (χ4n) is 1.90. The molecular formula is C13H18N2O3S. The molecule has 0 atom stereocenters. The molecule has 0 spiro atoms. The fraction of sp³-hybridized carbons (Fsp3) is 0.385. The van der Waals surface area contributed by atoms with E-state index in [0.717, 1.165) is 31.4 Å². The second-order valence-corrected chi connectivity index (χ2v) is 6.06. The van der Waals surface area contributed by atoms with Gasteiger partial charge in [0.25, 0.3) is 10.0 Å². The van der Waals surface area contributed by atoms with Crippen LogP contribution in [0.15, 0.2) is 40.9 Å². The molecule has 5 nitrogen and oxygen atoms in total. The van der Waals surface area contributed by atoms with Crippen molar-refractivity contribution in [1.29, 1.82) is 0 Å². The van der Waals surface area contributed by atoms with E-state index < -0.39 is 10.0 Å². The van der Waals surface area contributed by atoms with Gasteiger partial charge >= 0.3 is 0 Å². The van der Waals surface area contributed by atoms with E-state index in [4.69, 9.17) is 4.74 Å². The smallest absolute Gasteiger partial charge is 0.257 e. The van der Waals surface area contributed by atoms with E-state index in [1.54, 1.807) is 19.2 Å². The van der Waals surface area contributed by atoms with Gasteiger partial charge in [0.1, 0.15) is 5.75 Å². The van der Waals surface area contributed by atoms with Gasteiger partial charge in [0.15, 0.2) is 0 Å². The molecule has 0 heterocycles. The van der Waals surface area contributed by atoms with E-state index in [0.29, 0.717) is 5.75 Å². The molecule has 104 valence electrons. The standard InChI is InChI=1S/C13H18N2O3S/c1-18-12-7-9-13(10-8-12)19(16,17)15-14-11-5-3-2-4-6-11/h5,7-10,14-15H,2-4,6H2,1H3. The fourth-order valence-corrected chi connectivity index (χ4v) is 2.78. The molecule has 0 aliphatic heterocycles. The SMILES string of the molecule is COc1ccc(S(=O)(=O)NNC2=CCCCC2)cc1. The highest BCUT2D eigenvalue weighted by Gasteiger charge is 2.14. The van der Waals surface area contributed by atoms with Crippen molar-refractivity contribution < 1.29 is 13.2 Å². The molecule has 0 saturated carbocycles. The normalized spacial score (nSPS) is 15.7. The predicted molar refractivity (Wildman–Crippen MR) is 73.0 cm³/mol. The summed E-state index contributed by atoms with van der Waals surface area (Å²) < 4.78 is 29.1. The van der Waals surface area contributed by atoms with Gasteiger partial charge in [-0.15, -0.1) is 4.83 Å². The Morgan fingerprint density at radius 1 is 1.16 bits per heavy atom. The van der Waals surface area contributed by atoms with Gasteiger partial charge in [0.2, 0.25) is 0 Å². The number of sulfonamides is 1. The summed E-state index contributed by atoms with van der Waals surface area (Å²) in [6.07, 6.45) is 6.15. The summed E-state index contributed by atoms with van der Waals surface area (Å²) in [6.45, 7) is 0. The van der Waals surface area contributed by atoms with Crippen LogP contribution in [0.3, 0.4) is 0 Å². The topological polar surface area (TPSA) is 67.4 Å². The molecule has 1 aromatic rings. The number of nitrogens with one attached hydrogen (secondary N) is 2. The van der Waals surface area contributed by atoms with Crippen molar-refractivity contribution in [1.82, 2.24) is 10.3 Å². The van der Waals surface area contributed by atoms with Crippen molar-refractivity contribution in [2.75, 3.05) is 7.11 Å². The maximum atomic E-state index is 12.0. The minimum atomic E-state index is -3.54. The van der Waals surface area contributed by atoms with Crippen molar-refractivity contribution in [3.8, 4) is 5.75 Å². The van der Waals surface area contributed by atoms with Crippen molar-refractivity contribution in [2.24, 2.45) is 0 Å². The van der Waals surface area contributed by atoms with Gasteiger partial charge in [0.05, 0.1) is 12.0 Å². The quantitative estimate of drug-likeness (QED) is 0.810. The first-order valence-electron chi connectivity index (χ1n) is 6.23. The van der Waals surface area contributed by atoms with Gasteiger partial charge in [-0.25, -0.2) is 8.42 Å². The molecule has 1 aliphatic rings. The highest BCUT2D eigenvalue weighted by molar-refractivity contribution is 7.89. The third kappa shape index (κ3) is 3.71. The molecule has 6 heteroatoms. The molecule has 0 unspecified atom stereocenters. The van der Waals surface area contributed by atoms with Crippen LogP contribution in [-0.2, 0) is 10.0 Å². The van der Waals surface area contributed by atoms with Crippen LogP contribution in [-0.4, -0.2) is 15.5 Å². The Morgan fingerprint density at radius 3 is 2.47 bits per heavy atom. The zero-order valence-corrected chi connectivity index (χ0v) is 11.7. The van der Waals surface area contributed by atoms with Crippen LogP contribution in [0.1, 0.15) is 25.7 Å². The number of allylic oxidation sites excluding steroid dienone is 2. The number of hydrogen-bond donors (Lipinski definition) is 2. The Bertz CT molecular complexity index is 550. The Labute approximate surface area is 113 Å². The van der Waals surface area contributed by atoms with Gasteiger partial charge in [-0.1, -0.05) is 6.08 Å². The first kappa shape index (κ1) is 13.9. The second-order valence-electron chi connectivity index (χ2n) is 4.38. The molecule has 2 rings (SSSR count). The molecule has 0 aromatic heterocycles. The van der Waals surface area contributed by atoms with Gasteiger partial charge in [-0.05, 0) is 49.9 Å². The van der Waals surface area contributed by atoms with E-state index in [2.05, 4.69) is 10.3 Å². The Kier molecular flexibility index (Phi) is 4.44. The minimum Gasteiger partial charge on any atom is -0.497 e. The van der Waals surface area contributed by atoms with Crippen LogP contribution >= 0.6 is 0 Å². The zero-order chi connectivity index (χ0) is 13.7. The van der Waals surface area contributed by atoms with Crippen LogP contribution in [0.4, 0.5) is 0 Å². The average Bonchev–Trinajstić information content (AvgIpc) is 2.46. The summed E-state index contributed by atoms with van der Waals surface area (Å²) in [5.41, 5.74) is 3.71. The molecule has 0 saturated heterocycles. The van der Waals surface area contributed by atoms with Gasteiger partial charge < -0.3 is 10.2 Å². The Hall–Kier alpha value is -1.53. The number of methoxy groups -OCH3 is 1. The van der Waals surface area contributed by atoms with Gasteiger partial charge in [-0.3, -0.25) is 0 Å². The van der Waals surface area contributed by atoms with Crippen LogP contribution in [0.2, 0.25) is 0 Å². The van der Waals surface area contributed by atoms with E-state index in [-0.39, 0.29) is 4.90 Å². The lowest BCUT2D eigenvalue weighted by molar-refractivity contribution is 0.414. The average molecular weight is 282 g/mol. The number of benzene rings is 1. The predicted octanol–water partition coefficient (Wildman–Crippen LogP) is 1.94. The number of ether oxygens (including phenoxy) is 1. The molecule has 0 amide bonds. The molecule has 0 bridgehead atoms. The first-order valence-corrected chi connectivity index (χ1v) is 7.71. The Balaban J connectivity index is 2.02. The van der Waals surface area contributed by atoms with Crippen LogP contribution in [0.5, 0.6) is 5.75 Å². The van der Waals surface area contributed by atoms with Crippen molar-refractivity contribution in [2.45, 2.75) is 30.6 Å². The van der Waals surface area contributed by atoms with Crippen molar-refractivity contribution in [3.63, 3.8) is 0 Å². The van der Waals surface area contributed by atoms with E-state index in [1.807, 2.05) is 6.08 Å². The number of hydrazine groups is 1. The highest BCUT2D eigenvalue weighted by Crippen LogP contribution is 2.16. The summed E-state index contributed by atoms with van der Waals surface area (Å²) in [5, 5.41) is 0. The van der Waals surface area contributed by atoms with Gasteiger partial charge in [0, 0.05) is 5.70 Å². The minimum absolute atomic E-state index is 0.206. The molecule has 0 radical (unpaired) electrons. The maximum Gasteiger partial charge on any atom is 0.257 e. The molecule has 19 heavy (non-hydrogen) atoms. The zero-order valence-electron chi connectivity index (χ0n) is 10.8. The summed E-state index contributed by atoms with van der Waals surface area (Å²) >= 11 is 0. The van der Waals surface area contributed by atoms with Crippen LogP contribution in [0, 0.1) is 0 Å². The molecular weight excluding hydrogens is 264 g/mol. The summed E-state index contributed by atoms with van der Waals surface area (Å²) in [4.78, 5) is 2.60. The lowest BCUT2D eigenvalue weighted by Crippen LogP contribution is -2.37. The van der Waals surface area contributed by atoms with E-state index in [9.17, 15) is 8.42 Å². The van der Waals surface area contributed by atoms with Crippen LogP contribution < -0.4 is 15.0 Å². The van der Waals surface area contributed by atoms with Gasteiger partial charge in [-0.2, -0.15) is 0 Å². The molecule has 1 aromatic carbocycles. The molecule has 2 N–H and O–H groups in total. The molecule has 0 fully saturated rings.